The Morgan fingerprint density at radius 3 is 2.82 bits per heavy atom. The molecule has 0 radical (unpaired) electrons. The maximum atomic E-state index is 12.1. The minimum atomic E-state index is -0.196. The second kappa shape index (κ2) is 6.26. The molecule has 0 saturated heterocycles. The Kier molecular flexibility index (Phi) is 4.98. The molecule has 0 aliphatic heterocycles. The Balaban J connectivity index is 3.07. The lowest BCUT2D eigenvalue weighted by atomic mass is 10.1. The summed E-state index contributed by atoms with van der Waals surface area (Å²) in [5.41, 5.74) is 0.466. The number of benzene rings is 1. The summed E-state index contributed by atoms with van der Waals surface area (Å²) in [5.74, 6) is 0.305. The van der Waals surface area contributed by atoms with E-state index in [1.54, 1.807) is 18.2 Å². The second-order valence-electron chi connectivity index (χ2n) is 3.32. The van der Waals surface area contributed by atoms with E-state index in [1.807, 2.05) is 13.0 Å². The van der Waals surface area contributed by atoms with Gasteiger partial charge in [-0.1, -0.05) is 15.9 Å². The van der Waals surface area contributed by atoms with E-state index in [4.69, 9.17) is 10.00 Å². The first-order valence-electron chi connectivity index (χ1n) is 5.13. The van der Waals surface area contributed by atoms with Gasteiger partial charge >= 0.3 is 0 Å². The highest BCUT2D eigenvalue weighted by atomic mass is 79.9. The fraction of sp³-hybridized carbons (Fsp3) is 0.333. The van der Waals surface area contributed by atoms with E-state index in [-0.39, 0.29) is 12.5 Å². The van der Waals surface area contributed by atoms with Gasteiger partial charge in [0.05, 0.1) is 18.7 Å². The van der Waals surface area contributed by atoms with Crippen molar-refractivity contribution >= 4 is 21.8 Å². The molecule has 0 saturated carbocycles. The van der Waals surface area contributed by atoms with E-state index in [0.29, 0.717) is 17.9 Å². The van der Waals surface area contributed by atoms with Crippen LogP contribution < -0.4 is 4.74 Å². The SMILES string of the molecule is CCN(CC#N)C(=O)c1ccc(Br)cc1OC. The Morgan fingerprint density at radius 2 is 2.29 bits per heavy atom. The number of carbonyl (C=O) groups excluding carboxylic acids is 1. The third-order valence-corrected chi connectivity index (χ3v) is 2.82. The smallest absolute Gasteiger partial charge is 0.258 e. The van der Waals surface area contributed by atoms with E-state index in [9.17, 15) is 4.79 Å². The first-order valence-corrected chi connectivity index (χ1v) is 5.93. The summed E-state index contributed by atoms with van der Waals surface area (Å²) in [5, 5.41) is 8.65. The molecule has 0 spiro atoms. The second-order valence-corrected chi connectivity index (χ2v) is 4.24. The van der Waals surface area contributed by atoms with Crippen molar-refractivity contribution in [2.24, 2.45) is 0 Å². The summed E-state index contributed by atoms with van der Waals surface area (Å²) < 4.78 is 6.00. The Morgan fingerprint density at radius 1 is 1.59 bits per heavy atom. The quantitative estimate of drug-likeness (QED) is 0.802. The molecule has 1 aromatic rings. The van der Waals surface area contributed by atoms with Crippen LogP contribution in [0.15, 0.2) is 22.7 Å². The molecule has 0 fully saturated rings. The topological polar surface area (TPSA) is 53.3 Å². The summed E-state index contributed by atoms with van der Waals surface area (Å²) in [6.07, 6.45) is 0. The fourth-order valence-corrected chi connectivity index (χ4v) is 1.76. The van der Waals surface area contributed by atoms with Crippen molar-refractivity contribution in [3.05, 3.63) is 28.2 Å². The van der Waals surface area contributed by atoms with Crippen LogP contribution in [0.5, 0.6) is 5.75 Å². The molecule has 0 heterocycles. The van der Waals surface area contributed by atoms with Gasteiger partial charge in [-0.25, -0.2) is 0 Å². The zero-order valence-electron chi connectivity index (χ0n) is 9.74. The highest BCUT2D eigenvalue weighted by Gasteiger charge is 2.18. The number of carbonyl (C=O) groups is 1. The van der Waals surface area contributed by atoms with Crippen LogP contribution in [0, 0.1) is 11.3 Å². The van der Waals surface area contributed by atoms with Gasteiger partial charge in [0.15, 0.2) is 0 Å². The lowest BCUT2D eigenvalue weighted by Gasteiger charge is -2.18. The predicted molar refractivity (Wildman–Crippen MR) is 67.9 cm³/mol. The predicted octanol–water partition coefficient (Wildman–Crippen LogP) is 2.44. The van der Waals surface area contributed by atoms with Crippen LogP contribution >= 0.6 is 15.9 Å². The zero-order valence-corrected chi connectivity index (χ0v) is 11.3. The molecule has 0 aliphatic carbocycles. The summed E-state index contributed by atoms with van der Waals surface area (Å²) in [4.78, 5) is 13.6. The van der Waals surface area contributed by atoms with E-state index in [0.717, 1.165) is 4.47 Å². The summed E-state index contributed by atoms with van der Waals surface area (Å²) in [7, 11) is 1.51. The lowest BCUT2D eigenvalue weighted by molar-refractivity contribution is 0.0781. The van der Waals surface area contributed by atoms with Gasteiger partial charge in [0.2, 0.25) is 0 Å². The standard InChI is InChI=1S/C12H13BrN2O2/c1-3-15(7-6-14)12(16)10-5-4-9(13)8-11(10)17-2/h4-5,8H,3,7H2,1-2H3. The maximum absolute atomic E-state index is 12.1. The zero-order chi connectivity index (χ0) is 12.8. The summed E-state index contributed by atoms with van der Waals surface area (Å²) >= 11 is 3.31. The van der Waals surface area contributed by atoms with Crippen LogP contribution in [0.25, 0.3) is 0 Å². The highest BCUT2D eigenvalue weighted by Crippen LogP contribution is 2.24. The van der Waals surface area contributed by atoms with Crippen molar-refractivity contribution in [1.29, 1.82) is 5.26 Å². The number of ether oxygens (including phenoxy) is 1. The minimum absolute atomic E-state index is 0.0779. The molecule has 17 heavy (non-hydrogen) atoms. The first kappa shape index (κ1) is 13.5. The average molecular weight is 297 g/mol. The van der Waals surface area contributed by atoms with Crippen LogP contribution in [0.1, 0.15) is 17.3 Å². The maximum Gasteiger partial charge on any atom is 0.258 e. The number of amides is 1. The normalized spacial score (nSPS) is 9.53. The molecule has 0 bridgehead atoms. The van der Waals surface area contributed by atoms with Crippen LogP contribution in [0.3, 0.4) is 0 Å². The van der Waals surface area contributed by atoms with Gasteiger partial charge in [-0.15, -0.1) is 0 Å². The van der Waals surface area contributed by atoms with Gasteiger partial charge in [0.1, 0.15) is 12.3 Å². The molecule has 0 aromatic heterocycles. The minimum Gasteiger partial charge on any atom is -0.496 e. The Bertz CT molecular complexity index is 454. The first-order chi connectivity index (χ1) is 8.13. The number of hydrogen-bond donors (Lipinski definition) is 0. The van der Waals surface area contributed by atoms with Crippen molar-refractivity contribution < 1.29 is 9.53 Å². The van der Waals surface area contributed by atoms with Crippen LogP contribution in [-0.4, -0.2) is 31.0 Å². The van der Waals surface area contributed by atoms with Crippen molar-refractivity contribution in [3.8, 4) is 11.8 Å². The number of methoxy groups -OCH3 is 1. The van der Waals surface area contributed by atoms with Crippen molar-refractivity contribution in [2.45, 2.75) is 6.92 Å². The molecule has 5 heteroatoms. The molecule has 0 aliphatic rings. The molecule has 0 N–H and O–H groups in total. The molecule has 0 atom stereocenters. The van der Waals surface area contributed by atoms with Gasteiger partial charge in [-0.2, -0.15) is 5.26 Å². The number of hydrogen-bond acceptors (Lipinski definition) is 3. The van der Waals surface area contributed by atoms with Gasteiger partial charge in [0.25, 0.3) is 5.91 Å². The number of nitrogens with zero attached hydrogens (tertiary/aromatic N) is 2. The molecule has 1 amide bonds. The van der Waals surface area contributed by atoms with E-state index >= 15 is 0 Å². The van der Waals surface area contributed by atoms with Crippen molar-refractivity contribution in [1.82, 2.24) is 4.90 Å². The highest BCUT2D eigenvalue weighted by molar-refractivity contribution is 9.10. The fourth-order valence-electron chi connectivity index (χ4n) is 1.42. The monoisotopic (exact) mass is 296 g/mol. The van der Waals surface area contributed by atoms with E-state index in [2.05, 4.69) is 15.9 Å². The molecular weight excluding hydrogens is 284 g/mol. The largest absolute Gasteiger partial charge is 0.496 e. The number of halogens is 1. The van der Waals surface area contributed by atoms with Crippen LogP contribution in [-0.2, 0) is 0 Å². The lowest BCUT2D eigenvalue weighted by Crippen LogP contribution is -2.31. The Labute approximate surface area is 109 Å². The van der Waals surface area contributed by atoms with Gasteiger partial charge < -0.3 is 9.64 Å². The molecule has 4 nitrogen and oxygen atoms in total. The molecule has 0 unspecified atom stereocenters. The molecular formula is C12H13BrN2O2. The van der Waals surface area contributed by atoms with Gasteiger partial charge in [-0.3, -0.25) is 4.79 Å². The van der Waals surface area contributed by atoms with Crippen LogP contribution in [0.2, 0.25) is 0 Å². The van der Waals surface area contributed by atoms with E-state index in [1.165, 1.54) is 12.0 Å². The van der Waals surface area contributed by atoms with Crippen molar-refractivity contribution in [3.63, 3.8) is 0 Å². The Hall–Kier alpha value is -1.54. The third kappa shape index (κ3) is 3.21. The molecule has 1 aromatic carbocycles. The van der Waals surface area contributed by atoms with E-state index < -0.39 is 0 Å². The van der Waals surface area contributed by atoms with Gasteiger partial charge in [0, 0.05) is 11.0 Å². The number of nitriles is 1. The summed E-state index contributed by atoms with van der Waals surface area (Å²) in [6.45, 7) is 2.40. The van der Waals surface area contributed by atoms with Gasteiger partial charge in [-0.05, 0) is 25.1 Å². The number of rotatable bonds is 4. The molecule has 1 rings (SSSR count). The average Bonchev–Trinajstić information content (AvgIpc) is 2.34. The van der Waals surface area contributed by atoms with Crippen molar-refractivity contribution in [2.75, 3.05) is 20.2 Å². The van der Waals surface area contributed by atoms with Crippen LogP contribution in [0.4, 0.5) is 0 Å². The third-order valence-electron chi connectivity index (χ3n) is 2.32. The molecule has 90 valence electrons. The summed E-state index contributed by atoms with van der Waals surface area (Å²) in [6, 6.07) is 7.16.